The van der Waals surface area contributed by atoms with E-state index in [0.717, 1.165) is 11.1 Å². The van der Waals surface area contributed by atoms with Crippen molar-refractivity contribution in [1.29, 1.82) is 5.26 Å². The van der Waals surface area contributed by atoms with Gasteiger partial charge in [-0.05, 0) is 49.2 Å². The van der Waals surface area contributed by atoms with Gasteiger partial charge in [0, 0.05) is 5.69 Å². The van der Waals surface area contributed by atoms with Gasteiger partial charge in [-0.1, -0.05) is 12.1 Å². The van der Waals surface area contributed by atoms with Gasteiger partial charge in [0.05, 0.1) is 22.2 Å². The van der Waals surface area contributed by atoms with Gasteiger partial charge < -0.3 is 5.73 Å². The first-order valence-corrected chi connectivity index (χ1v) is 7.71. The predicted octanol–water partition coefficient (Wildman–Crippen LogP) is 2.56. The summed E-state index contributed by atoms with van der Waals surface area (Å²) in [6.07, 6.45) is 0. The lowest BCUT2D eigenvalue weighted by atomic mass is 10.1. The summed E-state index contributed by atoms with van der Waals surface area (Å²) >= 11 is 0. The molecule has 0 aromatic heterocycles. The van der Waals surface area contributed by atoms with Gasteiger partial charge in [0.2, 0.25) is 0 Å². The molecule has 0 bridgehead atoms. The maximum Gasteiger partial charge on any atom is 0.261 e. The Labute approximate surface area is 124 Å². The van der Waals surface area contributed by atoms with Gasteiger partial charge in [-0.2, -0.15) is 5.26 Å². The average Bonchev–Trinajstić information content (AvgIpc) is 2.44. The Morgan fingerprint density at radius 2 is 1.76 bits per heavy atom. The Morgan fingerprint density at radius 3 is 2.38 bits per heavy atom. The van der Waals surface area contributed by atoms with E-state index in [1.54, 1.807) is 32.0 Å². The van der Waals surface area contributed by atoms with E-state index in [9.17, 15) is 8.42 Å². The summed E-state index contributed by atoms with van der Waals surface area (Å²) in [5.41, 5.74) is 8.49. The van der Waals surface area contributed by atoms with E-state index < -0.39 is 10.0 Å². The molecule has 0 aliphatic heterocycles. The van der Waals surface area contributed by atoms with Crippen LogP contribution in [0, 0.1) is 25.2 Å². The topological polar surface area (TPSA) is 96.0 Å². The van der Waals surface area contributed by atoms with Gasteiger partial charge in [0.1, 0.15) is 0 Å². The van der Waals surface area contributed by atoms with Crippen LogP contribution in [0.25, 0.3) is 0 Å². The molecular formula is C15H15N3O2S. The highest BCUT2D eigenvalue weighted by molar-refractivity contribution is 7.92. The predicted molar refractivity (Wildman–Crippen MR) is 82.3 cm³/mol. The minimum atomic E-state index is -3.74. The van der Waals surface area contributed by atoms with Crippen LogP contribution in [0.3, 0.4) is 0 Å². The largest absolute Gasteiger partial charge is 0.398 e. The summed E-state index contributed by atoms with van der Waals surface area (Å²) in [4.78, 5) is 0.0901. The number of benzene rings is 2. The molecular weight excluding hydrogens is 286 g/mol. The fourth-order valence-electron chi connectivity index (χ4n) is 1.79. The van der Waals surface area contributed by atoms with Crippen LogP contribution >= 0.6 is 0 Å². The number of rotatable bonds is 3. The number of sulfonamides is 1. The molecule has 21 heavy (non-hydrogen) atoms. The zero-order chi connectivity index (χ0) is 15.6. The zero-order valence-corrected chi connectivity index (χ0v) is 12.5. The first kappa shape index (κ1) is 14.9. The van der Waals surface area contributed by atoms with Crippen LogP contribution in [0.2, 0.25) is 0 Å². The molecule has 0 spiro atoms. The van der Waals surface area contributed by atoms with Gasteiger partial charge in [-0.15, -0.1) is 0 Å². The van der Waals surface area contributed by atoms with Crippen LogP contribution in [0.4, 0.5) is 11.4 Å². The fourth-order valence-corrected chi connectivity index (χ4v) is 2.95. The van der Waals surface area contributed by atoms with E-state index in [1.807, 2.05) is 6.07 Å². The molecule has 0 amide bonds. The van der Waals surface area contributed by atoms with Gasteiger partial charge in [-0.3, -0.25) is 4.72 Å². The summed E-state index contributed by atoms with van der Waals surface area (Å²) in [6.45, 7) is 3.57. The van der Waals surface area contributed by atoms with Crippen LogP contribution < -0.4 is 10.5 Å². The number of aryl methyl sites for hydroxylation is 2. The van der Waals surface area contributed by atoms with Gasteiger partial charge in [-0.25, -0.2) is 8.42 Å². The number of hydrogen-bond acceptors (Lipinski definition) is 4. The number of nitrogens with one attached hydrogen (secondary N) is 1. The van der Waals surface area contributed by atoms with Crippen molar-refractivity contribution < 1.29 is 8.42 Å². The second-order valence-electron chi connectivity index (χ2n) is 4.77. The maximum atomic E-state index is 12.4. The number of nitrogens with two attached hydrogens (primary N) is 1. The van der Waals surface area contributed by atoms with Crippen molar-refractivity contribution in [3.8, 4) is 6.07 Å². The third kappa shape index (κ3) is 3.15. The lowest BCUT2D eigenvalue weighted by Gasteiger charge is -2.12. The SMILES string of the molecule is Cc1ccc(S(=O)(=O)Nc2cc(C#N)ccc2C)cc1N. The first-order chi connectivity index (χ1) is 9.83. The van der Waals surface area contributed by atoms with Crippen LogP contribution in [0.5, 0.6) is 0 Å². The smallest absolute Gasteiger partial charge is 0.261 e. The molecule has 0 saturated carbocycles. The van der Waals surface area contributed by atoms with E-state index >= 15 is 0 Å². The molecule has 2 aromatic rings. The molecule has 2 rings (SSSR count). The normalized spacial score (nSPS) is 10.9. The van der Waals surface area contributed by atoms with E-state index in [-0.39, 0.29) is 4.90 Å². The van der Waals surface area contributed by atoms with Crippen molar-refractivity contribution in [2.75, 3.05) is 10.5 Å². The maximum absolute atomic E-state index is 12.4. The molecule has 0 unspecified atom stereocenters. The summed E-state index contributed by atoms with van der Waals surface area (Å²) in [5.74, 6) is 0. The highest BCUT2D eigenvalue weighted by atomic mass is 32.2. The van der Waals surface area contributed by atoms with Gasteiger partial charge in [0.25, 0.3) is 10.0 Å². The number of nitrogens with zero attached hydrogens (tertiary/aromatic N) is 1. The standard InChI is InChI=1S/C15H15N3O2S/c1-10-4-6-13(8-14(10)17)21(19,20)18-15-7-12(9-16)5-3-11(15)2/h3-8,18H,17H2,1-2H3. The molecule has 0 saturated heterocycles. The molecule has 0 aliphatic carbocycles. The van der Waals surface area contributed by atoms with Crippen molar-refractivity contribution in [3.05, 3.63) is 53.1 Å². The van der Waals surface area contributed by atoms with Crippen molar-refractivity contribution in [2.24, 2.45) is 0 Å². The van der Waals surface area contributed by atoms with Crippen LogP contribution in [0.15, 0.2) is 41.3 Å². The first-order valence-electron chi connectivity index (χ1n) is 6.23. The van der Waals surface area contributed by atoms with Crippen LogP contribution in [-0.4, -0.2) is 8.42 Å². The Kier molecular flexibility index (Phi) is 3.87. The molecule has 0 heterocycles. The van der Waals surface area contributed by atoms with E-state index in [1.165, 1.54) is 18.2 Å². The molecule has 5 nitrogen and oxygen atoms in total. The Balaban J connectivity index is 2.42. The third-order valence-electron chi connectivity index (χ3n) is 3.17. The highest BCUT2D eigenvalue weighted by Crippen LogP contribution is 2.23. The van der Waals surface area contributed by atoms with E-state index in [0.29, 0.717) is 16.9 Å². The van der Waals surface area contributed by atoms with E-state index in [4.69, 9.17) is 11.0 Å². The van der Waals surface area contributed by atoms with Gasteiger partial charge >= 0.3 is 0 Å². The second-order valence-corrected chi connectivity index (χ2v) is 6.45. The summed E-state index contributed by atoms with van der Waals surface area (Å²) in [5, 5.41) is 8.89. The number of anilines is 2. The molecule has 0 radical (unpaired) electrons. The summed E-state index contributed by atoms with van der Waals surface area (Å²) in [7, 11) is -3.74. The monoisotopic (exact) mass is 301 g/mol. The Hall–Kier alpha value is -2.52. The average molecular weight is 301 g/mol. The summed E-state index contributed by atoms with van der Waals surface area (Å²) in [6, 6.07) is 11.4. The quantitative estimate of drug-likeness (QED) is 0.851. The second kappa shape index (κ2) is 5.46. The minimum Gasteiger partial charge on any atom is -0.398 e. The lowest BCUT2D eigenvalue weighted by Crippen LogP contribution is -2.14. The van der Waals surface area contributed by atoms with Gasteiger partial charge in [0.15, 0.2) is 0 Å². The molecule has 2 aromatic carbocycles. The van der Waals surface area contributed by atoms with Crippen LogP contribution in [-0.2, 0) is 10.0 Å². The van der Waals surface area contributed by atoms with Crippen molar-refractivity contribution in [3.63, 3.8) is 0 Å². The number of nitrogen functional groups attached to an aromatic ring is 1. The molecule has 108 valence electrons. The molecule has 0 atom stereocenters. The summed E-state index contributed by atoms with van der Waals surface area (Å²) < 4.78 is 27.2. The molecule has 3 N–H and O–H groups in total. The highest BCUT2D eigenvalue weighted by Gasteiger charge is 2.16. The molecule has 0 fully saturated rings. The lowest BCUT2D eigenvalue weighted by molar-refractivity contribution is 0.601. The van der Waals surface area contributed by atoms with Crippen molar-refractivity contribution in [1.82, 2.24) is 0 Å². The Morgan fingerprint density at radius 1 is 1.10 bits per heavy atom. The molecule has 0 aliphatic rings. The van der Waals surface area contributed by atoms with E-state index in [2.05, 4.69) is 4.72 Å². The van der Waals surface area contributed by atoms with Crippen LogP contribution in [0.1, 0.15) is 16.7 Å². The van der Waals surface area contributed by atoms with Crippen molar-refractivity contribution in [2.45, 2.75) is 18.7 Å². The zero-order valence-electron chi connectivity index (χ0n) is 11.7. The minimum absolute atomic E-state index is 0.0901. The Bertz CT molecular complexity index is 836. The molecule has 6 heteroatoms. The van der Waals surface area contributed by atoms with Crippen molar-refractivity contribution >= 4 is 21.4 Å². The number of nitriles is 1. The number of hydrogen-bond donors (Lipinski definition) is 2. The fraction of sp³-hybridized carbons (Fsp3) is 0.133. The third-order valence-corrected chi connectivity index (χ3v) is 4.54.